The van der Waals surface area contributed by atoms with Crippen molar-refractivity contribution in [1.29, 1.82) is 0 Å². The van der Waals surface area contributed by atoms with Crippen LogP contribution >= 0.6 is 11.6 Å². The molecule has 0 spiro atoms. The Hall–Kier alpha value is -4.18. The van der Waals surface area contributed by atoms with Crippen molar-refractivity contribution in [1.82, 2.24) is 0 Å². The van der Waals surface area contributed by atoms with Gasteiger partial charge in [0.25, 0.3) is 0 Å². The molecular weight excluding hydrogens is 662 g/mol. The monoisotopic (exact) mass is 705 g/mol. The first-order valence-electron chi connectivity index (χ1n) is 17.3. The molecule has 0 unspecified atom stereocenters. The Morgan fingerprint density at radius 2 is 1.08 bits per heavy atom. The molecule has 2 N–H and O–H groups in total. The fraction of sp³-hybridized carbons (Fsp3) is 0.279. The summed E-state index contributed by atoms with van der Waals surface area (Å²) in [6.45, 7) is 1.59. The Labute approximate surface area is 305 Å². The molecule has 6 rings (SSSR count). The van der Waals surface area contributed by atoms with Crippen LogP contribution in [0.4, 0.5) is 0 Å². The quantitative estimate of drug-likeness (QED) is 0.106. The van der Waals surface area contributed by atoms with Crippen LogP contribution in [0.3, 0.4) is 0 Å². The van der Waals surface area contributed by atoms with Crippen LogP contribution < -0.4 is 5.73 Å². The van der Waals surface area contributed by atoms with Crippen LogP contribution in [0.15, 0.2) is 140 Å². The molecule has 5 aromatic rings. The van der Waals surface area contributed by atoms with Crippen LogP contribution in [0.5, 0.6) is 0 Å². The van der Waals surface area contributed by atoms with E-state index in [0.717, 1.165) is 27.8 Å². The molecule has 1 aliphatic heterocycles. The highest BCUT2D eigenvalue weighted by atomic mass is 35.5. The van der Waals surface area contributed by atoms with Gasteiger partial charge in [0, 0.05) is 11.4 Å². The smallest absolute Gasteiger partial charge is 0.150 e. The second-order valence-corrected chi connectivity index (χ2v) is 13.1. The molecule has 0 aromatic heterocycles. The van der Waals surface area contributed by atoms with E-state index >= 15 is 0 Å². The van der Waals surface area contributed by atoms with Gasteiger partial charge in [-0.05, 0) is 39.4 Å². The molecule has 1 fully saturated rings. The molecule has 8 heteroatoms. The summed E-state index contributed by atoms with van der Waals surface area (Å²) >= 11 is 6.61. The Kier molecular flexibility index (Phi) is 13.6. The molecule has 0 bridgehead atoms. The minimum absolute atomic E-state index is 0.0695. The highest BCUT2D eigenvalue weighted by Crippen LogP contribution is 2.39. The van der Waals surface area contributed by atoms with Crippen LogP contribution in [0.1, 0.15) is 39.5 Å². The molecule has 0 radical (unpaired) electrons. The molecule has 264 valence electrons. The van der Waals surface area contributed by atoms with Crippen LogP contribution in [0.2, 0.25) is 5.02 Å². The maximum absolute atomic E-state index is 12.4. The zero-order chi connectivity index (χ0) is 35.3. The normalized spacial score (nSPS) is 20.2. The summed E-state index contributed by atoms with van der Waals surface area (Å²) in [5.41, 5.74) is 11.3. The van der Waals surface area contributed by atoms with Gasteiger partial charge in [0.15, 0.2) is 5.78 Å². The first kappa shape index (κ1) is 36.6. The van der Waals surface area contributed by atoms with Gasteiger partial charge in [-0.15, -0.1) is 0 Å². The molecule has 5 aromatic carbocycles. The molecule has 1 saturated heterocycles. The number of nitrogens with two attached hydrogens (primary N) is 1. The largest absolute Gasteiger partial charge is 0.374 e. The third kappa shape index (κ3) is 10.4. The van der Waals surface area contributed by atoms with E-state index in [-0.39, 0.29) is 25.4 Å². The lowest BCUT2D eigenvalue weighted by atomic mass is 9.89. The predicted octanol–water partition coefficient (Wildman–Crippen LogP) is 7.82. The summed E-state index contributed by atoms with van der Waals surface area (Å²) < 4.78 is 33.8. The molecule has 1 aliphatic rings. The van der Waals surface area contributed by atoms with E-state index in [1.165, 1.54) is 0 Å². The molecule has 7 nitrogen and oxygen atoms in total. The first-order valence-corrected chi connectivity index (χ1v) is 17.7. The van der Waals surface area contributed by atoms with Crippen LogP contribution in [0, 0.1) is 0 Å². The zero-order valence-electron chi connectivity index (χ0n) is 28.5. The number of hydrogen-bond acceptors (Lipinski definition) is 7. The Morgan fingerprint density at radius 3 is 1.59 bits per heavy atom. The number of Topliss-reactive ketones (excluding diaryl/α,β-unsaturated/α-hetero) is 1. The third-order valence-electron chi connectivity index (χ3n) is 8.90. The zero-order valence-corrected chi connectivity index (χ0v) is 29.3. The van der Waals surface area contributed by atoms with E-state index in [2.05, 4.69) is 0 Å². The van der Waals surface area contributed by atoms with Gasteiger partial charge in [0.2, 0.25) is 0 Å². The number of carbonyl (C=O) groups is 1. The number of hydrogen-bond donors (Lipinski definition) is 1. The standard InChI is InChI=1S/C43H44ClNO6/c44-38-22-21-35(23-36(38)24-37(46)25-45)40-42(49-28-33-17-9-3-10-18-33)43(50-29-34-19-11-4-12-20-34)41(48-27-32-15-7-2-8-16-32)39(51-40)30-47-26-31-13-5-1-6-14-31/h1-23,39-43H,24-30,45H2/t39-,40+,41-,42+,43+/m1/s1. The van der Waals surface area contributed by atoms with E-state index < -0.39 is 30.5 Å². The lowest BCUT2D eigenvalue weighted by Crippen LogP contribution is -2.58. The van der Waals surface area contributed by atoms with Gasteiger partial charge in [-0.1, -0.05) is 145 Å². The second kappa shape index (κ2) is 18.9. The topological polar surface area (TPSA) is 89.2 Å². The van der Waals surface area contributed by atoms with Gasteiger partial charge in [0.05, 0.1) is 39.6 Å². The molecule has 0 saturated carbocycles. The van der Waals surface area contributed by atoms with Crippen molar-refractivity contribution in [2.75, 3.05) is 13.2 Å². The lowest BCUT2D eigenvalue weighted by Gasteiger charge is -2.46. The van der Waals surface area contributed by atoms with Gasteiger partial charge < -0.3 is 29.4 Å². The summed E-state index contributed by atoms with van der Waals surface area (Å²) in [6.07, 6.45) is -2.78. The first-order chi connectivity index (χ1) is 25.1. The second-order valence-electron chi connectivity index (χ2n) is 12.6. The van der Waals surface area contributed by atoms with Crippen molar-refractivity contribution in [2.45, 2.75) is 63.4 Å². The number of carbonyl (C=O) groups excluding carboxylic acids is 1. The fourth-order valence-electron chi connectivity index (χ4n) is 6.25. The van der Waals surface area contributed by atoms with Crippen molar-refractivity contribution in [3.05, 3.63) is 178 Å². The maximum atomic E-state index is 12.4. The molecule has 0 amide bonds. The Morgan fingerprint density at radius 1 is 0.608 bits per heavy atom. The number of halogens is 1. The van der Waals surface area contributed by atoms with Gasteiger partial charge in [0.1, 0.15) is 30.5 Å². The third-order valence-corrected chi connectivity index (χ3v) is 9.27. The number of ether oxygens (including phenoxy) is 5. The van der Waals surface area contributed by atoms with E-state index in [1.54, 1.807) is 6.07 Å². The molecular formula is C43H44ClNO6. The lowest BCUT2D eigenvalue weighted by molar-refractivity contribution is -0.275. The molecule has 0 aliphatic carbocycles. The SMILES string of the molecule is NCC(=O)Cc1cc([C@@H]2O[C@H](COCc3ccccc3)[C@@H](OCc3ccccc3)[C@H](OCc3ccccc3)[C@H]2OCc2ccccc2)ccc1Cl. The summed E-state index contributed by atoms with van der Waals surface area (Å²) in [5.74, 6) is -0.110. The predicted molar refractivity (Wildman–Crippen MR) is 198 cm³/mol. The van der Waals surface area contributed by atoms with Gasteiger partial charge in [-0.25, -0.2) is 0 Å². The fourth-order valence-corrected chi connectivity index (χ4v) is 6.43. The Bertz CT molecular complexity index is 1780. The summed E-state index contributed by atoms with van der Waals surface area (Å²) in [5, 5.41) is 0.488. The highest BCUT2D eigenvalue weighted by Gasteiger charge is 2.49. The van der Waals surface area contributed by atoms with Crippen LogP contribution in [0.25, 0.3) is 0 Å². The number of ketones is 1. The average molecular weight is 706 g/mol. The van der Waals surface area contributed by atoms with Crippen molar-refractivity contribution in [3.63, 3.8) is 0 Å². The van der Waals surface area contributed by atoms with Crippen molar-refractivity contribution in [2.24, 2.45) is 5.73 Å². The van der Waals surface area contributed by atoms with E-state index in [4.69, 9.17) is 41.0 Å². The number of benzene rings is 5. The number of rotatable bonds is 17. The highest BCUT2D eigenvalue weighted by molar-refractivity contribution is 6.31. The van der Waals surface area contributed by atoms with Crippen LogP contribution in [-0.4, -0.2) is 43.4 Å². The molecule has 1 heterocycles. The molecule has 5 atom stereocenters. The van der Waals surface area contributed by atoms with Gasteiger partial charge in [-0.2, -0.15) is 0 Å². The Balaban J connectivity index is 1.38. The van der Waals surface area contributed by atoms with Crippen molar-refractivity contribution < 1.29 is 28.5 Å². The van der Waals surface area contributed by atoms with Crippen molar-refractivity contribution in [3.8, 4) is 0 Å². The summed E-state index contributed by atoms with van der Waals surface area (Å²) in [6, 6.07) is 45.8. The average Bonchev–Trinajstić information content (AvgIpc) is 3.18. The maximum Gasteiger partial charge on any atom is 0.150 e. The minimum atomic E-state index is -0.612. The summed E-state index contributed by atoms with van der Waals surface area (Å²) in [4.78, 5) is 12.4. The minimum Gasteiger partial charge on any atom is -0.374 e. The summed E-state index contributed by atoms with van der Waals surface area (Å²) in [7, 11) is 0. The van der Waals surface area contributed by atoms with Crippen molar-refractivity contribution >= 4 is 17.4 Å². The van der Waals surface area contributed by atoms with E-state index in [9.17, 15) is 4.79 Å². The van der Waals surface area contributed by atoms with Gasteiger partial charge in [-0.3, -0.25) is 4.79 Å². The molecule has 51 heavy (non-hydrogen) atoms. The van der Waals surface area contributed by atoms with Gasteiger partial charge >= 0.3 is 0 Å². The van der Waals surface area contributed by atoms with Crippen LogP contribution in [-0.2, 0) is 61.3 Å². The van der Waals surface area contributed by atoms with E-state index in [0.29, 0.717) is 37.0 Å². The van der Waals surface area contributed by atoms with E-state index in [1.807, 2.05) is 133 Å².